The van der Waals surface area contributed by atoms with E-state index < -0.39 is 6.10 Å². The van der Waals surface area contributed by atoms with Crippen molar-refractivity contribution in [2.45, 2.75) is 19.6 Å². The second kappa shape index (κ2) is 7.51. The summed E-state index contributed by atoms with van der Waals surface area (Å²) >= 11 is 0. The fourth-order valence-electron chi connectivity index (χ4n) is 2.92. The van der Waals surface area contributed by atoms with Gasteiger partial charge in [0.1, 0.15) is 12.3 Å². The fourth-order valence-corrected chi connectivity index (χ4v) is 2.92. The Kier molecular flexibility index (Phi) is 4.76. The Morgan fingerprint density at radius 1 is 1.14 bits per heavy atom. The minimum atomic E-state index is -0.645. The van der Waals surface area contributed by atoms with E-state index in [1.165, 1.54) is 4.90 Å². The third kappa shape index (κ3) is 3.57. The number of amides is 2. The van der Waals surface area contributed by atoms with Crippen molar-refractivity contribution in [3.8, 4) is 17.2 Å². The van der Waals surface area contributed by atoms with Gasteiger partial charge in [-0.25, -0.2) is 0 Å². The Hall–Kier alpha value is -3.68. The molecule has 2 heterocycles. The summed E-state index contributed by atoms with van der Waals surface area (Å²) in [6.45, 7) is 1.64. The van der Waals surface area contributed by atoms with E-state index in [1.807, 2.05) is 36.4 Å². The molecule has 0 radical (unpaired) electrons. The maximum absolute atomic E-state index is 12.4. The van der Waals surface area contributed by atoms with E-state index in [0.29, 0.717) is 23.2 Å². The number of rotatable bonds is 5. The molecule has 0 saturated heterocycles. The van der Waals surface area contributed by atoms with Crippen LogP contribution in [0.25, 0.3) is 11.5 Å². The molecule has 2 aromatic carbocycles. The molecule has 1 N–H and O–H groups in total. The van der Waals surface area contributed by atoms with E-state index in [-0.39, 0.29) is 24.9 Å². The number of carbonyl (C=O) groups is 2. The van der Waals surface area contributed by atoms with Gasteiger partial charge in [0, 0.05) is 5.56 Å². The summed E-state index contributed by atoms with van der Waals surface area (Å²) in [6, 6.07) is 16.5. The normalized spacial score (nSPS) is 15.7. The van der Waals surface area contributed by atoms with E-state index in [2.05, 4.69) is 15.5 Å². The van der Waals surface area contributed by atoms with Crippen molar-refractivity contribution in [3.05, 3.63) is 60.4 Å². The van der Waals surface area contributed by atoms with Crippen LogP contribution in [0.15, 0.2) is 59.1 Å². The van der Waals surface area contributed by atoms with Gasteiger partial charge in [0.2, 0.25) is 5.91 Å². The molecule has 1 aliphatic heterocycles. The van der Waals surface area contributed by atoms with Crippen LogP contribution in [-0.4, -0.2) is 34.6 Å². The molecule has 0 unspecified atom stereocenters. The van der Waals surface area contributed by atoms with Crippen LogP contribution < -0.4 is 15.0 Å². The number of nitrogens with zero attached hydrogens (tertiary/aromatic N) is 3. The number of nitrogens with one attached hydrogen (secondary N) is 1. The van der Waals surface area contributed by atoms with Crippen molar-refractivity contribution < 1.29 is 18.8 Å². The van der Waals surface area contributed by atoms with Crippen molar-refractivity contribution in [2.75, 3.05) is 11.4 Å². The summed E-state index contributed by atoms with van der Waals surface area (Å²) in [5, 5.41) is 6.59. The topological polar surface area (TPSA) is 97.6 Å². The lowest BCUT2D eigenvalue weighted by molar-refractivity contribution is -0.128. The second-order valence-corrected chi connectivity index (χ2v) is 6.31. The molecule has 0 saturated carbocycles. The van der Waals surface area contributed by atoms with Crippen molar-refractivity contribution >= 4 is 17.5 Å². The van der Waals surface area contributed by atoms with Crippen molar-refractivity contribution in [3.63, 3.8) is 0 Å². The van der Waals surface area contributed by atoms with Crippen LogP contribution in [0, 0.1) is 0 Å². The summed E-state index contributed by atoms with van der Waals surface area (Å²) in [7, 11) is 0. The third-order valence-electron chi connectivity index (χ3n) is 4.31. The molecule has 4 rings (SSSR count). The fraction of sp³-hybridized carbons (Fsp3) is 0.200. The Morgan fingerprint density at radius 3 is 2.71 bits per heavy atom. The predicted molar refractivity (Wildman–Crippen MR) is 100 cm³/mol. The van der Waals surface area contributed by atoms with Crippen molar-refractivity contribution in [2.24, 2.45) is 0 Å². The Morgan fingerprint density at radius 2 is 1.89 bits per heavy atom. The highest BCUT2D eigenvalue weighted by molar-refractivity contribution is 6.03. The van der Waals surface area contributed by atoms with Crippen LogP contribution in [0.4, 0.5) is 5.69 Å². The lowest BCUT2D eigenvalue weighted by Gasteiger charge is -2.32. The van der Waals surface area contributed by atoms with Gasteiger partial charge >= 0.3 is 0 Å². The summed E-state index contributed by atoms with van der Waals surface area (Å²) in [5.74, 6) is 0.724. The highest BCUT2D eigenvalue weighted by Crippen LogP contribution is 2.33. The molecule has 2 amide bonds. The molecule has 0 fully saturated rings. The average Bonchev–Trinajstić information content (AvgIpc) is 3.20. The molecule has 1 aromatic heterocycles. The van der Waals surface area contributed by atoms with Gasteiger partial charge in [0.25, 0.3) is 11.8 Å². The molecule has 0 spiro atoms. The van der Waals surface area contributed by atoms with Crippen LogP contribution in [0.1, 0.15) is 12.7 Å². The monoisotopic (exact) mass is 378 g/mol. The number of anilines is 1. The number of para-hydroxylation sites is 2. The van der Waals surface area contributed by atoms with Gasteiger partial charge in [-0.05, 0) is 31.2 Å². The number of carbonyl (C=O) groups excluding carboxylic acids is 2. The number of benzene rings is 2. The largest absolute Gasteiger partial charge is 0.479 e. The second-order valence-electron chi connectivity index (χ2n) is 6.31. The van der Waals surface area contributed by atoms with Gasteiger partial charge in [-0.3, -0.25) is 14.5 Å². The van der Waals surface area contributed by atoms with Crippen molar-refractivity contribution in [1.29, 1.82) is 0 Å². The van der Waals surface area contributed by atoms with Crippen LogP contribution >= 0.6 is 0 Å². The maximum atomic E-state index is 12.4. The lowest BCUT2D eigenvalue weighted by Crippen LogP contribution is -2.48. The van der Waals surface area contributed by atoms with Gasteiger partial charge in [-0.15, -0.1) is 0 Å². The van der Waals surface area contributed by atoms with Crippen molar-refractivity contribution in [1.82, 2.24) is 15.5 Å². The minimum absolute atomic E-state index is 0.102. The average molecular weight is 378 g/mol. The Balaban J connectivity index is 1.40. The highest BCUT2D eigenvalue weighted by Gasteiger charge is 2.32. The number of aromatic nitrogens is 2. The number of fused-ring (bicyclic) bond motifs is 1. The first-order chi connectivity index (χ1) is 13.6. The maximum Gasteiger partial charge on any atom is 0.268 e. The summed E-state index contributed by atoms with van der Waals surface area (Å²) < 4.78 is 10.8. The Bertz CT molecular complexity index is 1000. The quantitative estimate of drug-likeness (QED) is 0.731. The van der Waals surface area contributed by atoms with E-state index >= 15 is 0 Å². The van der Waals surface area contributed by atoms with Crippen LogP contribution in [0.3, 0.4) is 0 Å². The molecule has 0 aliphatic carbocycles. The molecule has 8 nitrogen and oxygen atoms in total. The first-order valence-electron chi connectivity index (χ1n) is 8.83. The summed E-state index contributed by atoms with van der Waals surface area (Å²) in [5.41, 5.74) is 1.38. The molecular weight excluding hydrogens is 360 g/mol. The van der Waals surface area contributed by atoms with Gasteiger partial charge in [0.05, 0.1) is 12.2 Å². The summed E-state index contributed by atoms with van der Waals surface area (Å²) in [6.07, 6.45) is -0.645. The van der Waals surface area contributed by atoms with Gasteiger partial charge < -0.3 is 14.6 Å². The lowest BCUT2D eigenvalue weighted by atomic mass is 10.2. The molecule has 28 heavy (non-hydrogen) atoms. The van der Waals surface area contributed by atoms with E-state index in [0.717, 1.165) is 5.56 Å². The molecule has 3 aromatic rings. The number of hydrogen-bond donors (Lipinski definition) is 1. The zero-order valence-electron chi connectivity index (χ0n) is 15.2. The van der Waals surface area contributed by atoms with Crippen LogP contribution in [-0.2, 0) is 16.1 Å². The first kappa shape index (κ1) is 17.7. The van der Waals surface area contributed by atoms with Gasteiger partial charge in [-0.1, -0.05) is 35.5 Å². The van der Waals surface area contributed by atoms with E-state index in [4.69, 9.17) is 9.26 Å². The highest BCUT2D eigenvalue weighted by atomic mass is 16.5. The van der Waals surface area contributed by atoms with E-state index in [1.54, 1.807) is 25.1 Å². The number of hydrogen-bond acceptors (Lipinski definition) is 6. The molecule has 1 atom stereocenters. The zero-order valence-corrected chi connectivity index (χ0v) is 15.2. The molecule has 0 bridgehead atoms. The van der Waals surface area contributed by atoms with E-state index in [9.17, 15) is 9.59 Å². The minimum Gasteiger partial charge on any atom is -0.479 e. The molecule has 1 aliphatic rings. The summed E-state index contributed by atoms with van der Waals surface area (Å²) in [4.78, 5) is 30.5. The van der Waals surface area contributed by atoms with Crippen LogP contribution in [0.5, 0.6) is 5.75 Å². The molecule has 142 valence electrons. The van der Waals surface area contributed by atoms with Gasteiger partial charge in [-0.2, -0.15) is 4.98 Å². The predicted octanol–water partition coefficient (Wildman–Crippen LogP) is 2.17. The number of ether oxygens (including phenoxy) is 1. The van der Waals surface area contributed by atoms with Crippen LogP contribution in [0.2, 0.25) is 0 Å². The van der Waals surface area contributed by atoms with Gasteiger partial charge in [0.15, 0.2) is 11.9 Å². The standard InChI is InChI=1S/C20H18N4O4/c1-13-20(26)24(15-9-5-6-10-16(15)27-13)12-18(25)21-11-17-22-19(28-23-17)14-7-3-2-4-8-14/h2-10,13H,11-12H2,1H3,(H,21,25)/t13-/m0/s1. The first-order valence-corrected chi connectivity index (χ1v) is 8.83. The molecular formula is C20H18N4O4. The SMILES string of the molecule is C[C@@H]1Oc2ccccc2N(CC(=O)NCc2noc(-c3ccccc3)n2)C1=O. The Labute approximate surface area is 161 Å². The smallest absolute Gasteiger partial charge is 0.268 e. The zero-order chi connectivity index (χ0) is 19.5. The molecule has 8 heteroatoms. The third-order valence-corrected chi connectivity index (χ3v) is 4.31.